The molecule has 0 atom stereocenters. The molecule has 0 amide bonds. The standard InChI is InChI=1S/C42H40N4OS.Pt/c1-7-12-35-28(4)27(3)29(5)36(13-8-2)42(35)30-25-44-45(26-30)31-14-11-15-32(22-31)47-33-18-19-38-37-16-9-10-17-39(37)46(40(38)23-33)41-24-34(48-6)20-21-43-41;/h9-11,14-21,24-26H,7-8,12-13H2,1-6H3;/q-2;+2. The molecular formula is C42H40N4OPtS. The number of rotatable bonds is 10. The van der Waals surface area contributed by atoms with E-state index in [0.29, 0.717) is 11.5 Å². The number of para-hydroxylation sites is 1. The fraction of sp³-hybridized carbons (Fsp3) is 0.238. The second kappa shape index (κ2) is 14.8. The van der Waals surface area contributed by atoms with Crippen LogP contribution in [0.2, 0.25) is 0 Å². The quantitative estimate of drug-likeness (QED) is 0.102. The maximum Gasteiger partial charge on any atom is 2.00 e. The van der Waals surface area contributed by atoms with E-state index >= 15 is 0 Å². The molecule has 3 heterocycles. The molecule has 5 nitrogen and oxygen atoms in total. The Labute approximate surface area is 308 Å². The van der Waals surface area contributed by atoms with Gasteiger partial charge < -0.3 is 9.30 Å². The smallest absolute Gasteiger partial charge is 0.509 e. The fourth-order valence-electron chi connectivity index (χ4n) is 6.92. The zero-order valence-corrected chi connectivity index (χ0v) is 31.9. The predicted octanol–water partition coefficient (Wildman–Crippen LogP) is 11.0. The summed E-state index contributed by atoms with van der Waals surface area (Å²) in [6, 6.07) is 29.6. The number of hydrogen-bond donors (Lipinski definition) is 0. The molecule has 0 aliphatic heterocycles. The van der Waals surface area contributed by atoms with Crippen molar-refractivity contribution >= 4 is 33.6 Å². The van der Waals surface area contributed by atoms with E-state index in [9.17, 15) is 0 Å². The summed E-state index contributed by atoms with van der Waals surface area (Å²) in [5.41, 5.74) is 12.4. The Kier molecular flexibility index (Phi) is 10.5. The van der Waals surface area contributed by atoms with Gasteiger partial charge in [-0.1, -0.05) is 50.4 Å². The number of nitrogens with zero attached hydrogens (tertiary/aromatic N) is 4. The van der Waals surface area contributed by atoms with Crippen molar-refractivity contribution in [3.63, 3.8) is 0 Å². The number of pyridine rings is 1. The van der Waals surface area contributed by atoms with Crippen LogP contribution in [0.3, 0.4) is 0 Å². The first-order valence-corrected chi connectivity index (χ1v) is 18.0. The van der Waals surface area contributed by atoms with Crippen molar-refractivity contribution in [3.8, 4) is 34.1 Å². The summed E-state index contributed by atoms with van der Waals surface area (Å²) in [4.78, 5) is 5.89. The van der Waals surface area contributed by atoms with Crippen molar-refractivity contribution in [1.29, 1.82) is 0 Å². The Balaban J connectivity index is 0.00000417. The topological polar surface area (TPSA) is 44.9 Å². The van der Waals surface area contributed by atoms with E-state index in [-0.39, 0.29) is 21.1 Å². The minimum atomic E-state index is 0. The van der Waals surface area contributed by atoms with Crippen LogP contribution >= 0.6 is 11.8 Å². The van der Waals surface area contributed by atoms with Gasteiger partial charge in [0.05, 0.1) is 6.20 Å². The third-order valence-corrected chi connectivity index (χ3v) is 10.2. The zero-order valence-electron chi connectivity index (χ0n) is 28.8. The van der Waals surface area contributed by atoms with Gasteiger partial charge in [0.15, 0.2) is 0 Å². The summed E-state index contributed by atoms with van der Waals surface area (Å²) in [5.74, 6) is 2.07. The van der Waals surface area contributed by atoms with E-state index in [1.54, 1.807) is 11.8 Å². The van der Waals surface area contributed by atoms with Gasteiger partial charge in [0.2, 0.25) is 0 Å². The molecule has 49 heavy (non-hydrogen) atoms. The molecule has 0 radical (unpaired) electrons. The second-order valence-electron chi connectivity index (χ2n) is 12.4. The summed E-state index contributed by atoms with van der Waals surface area (Å²) in [6.07, 6.45) is 12.4. The van der Waals surface area contributed by atoms with Crippen LogP contribution in [-0.4, -0.2) is 25.6 Å². The number of hydrogen-bond acceptors (Lipinski definition) is 4. The molecule has 7 aromatic rings. The molecular weight excluding hydrogens is 804 g/mol. The molecule has 0 fully saturated rings. The van der Waals surface area contributed by atoms with E-state index in [2.05, 4.69) is 100 Å². The third kappa shape index (κ3) is 6.49. The van der Waals surface area contributed by atoms with E-state index in [1.807, 2.05) is 47.4 Å². The summed E-state index contributed by atoms with van der Waals surface area (Å²) < 4.78 is 10.5. The average molecular weight is 844 g/mol. The SMILES string of the molecule is CCCc1c(C)c(C)c(C)c(CCC)c1-c1cnn(-c2[c-]c(Oc3[c-]c4c(cc3)c3ccccc3n4-c3cc(SC)ccn3)ccc2)c1.[Pt+2]. The Bertz CT molecular complexity index is 2250. The second-order valence-corrected chi connectivity index (χ2v) is 13.3. The molecule has 0 unspecified atom stereocenters. The first kappa shape index (κ1) is 34.7. The molecule has 0 aliphatic carbocycles. The van der Waals surface area contributed by atoms with E-state index < -0.39 is 0 Å². The third-order valence-electron chi connectivity index (χ3n) is 9.46. The molecule has 0 saturated heterocycles. The van der Waals surface area contributed by atoms with Crippen LogP contribution in [0.25, 0.3) is 44.4 Å². The van der Waals surface area contributed by atoms with Gasteiger partial charge in [-0.2, -0.15) is 17.2 Å². The van der Waals surface area contributed by atoms with Crippen molar-refractivity contribution < 1.29 is 25.8 Å². The predicted molar refractivity (Wildman–Crippen MR) is 199 cm³/mol. The first-order valence-electron chi connectivity index (χ1n) is 16.7. The van der Waals surface area contributed by atoms with Gasteiger partial charge in [0.25, 0.3) is 0 Å². The van der Waals surface area contributed by atoms with Gasteiger partial charge in [-0.05, 0) is 103 Å². The van der Waals surface area contributed by atoms with Crippen molar-refractivity contribution in [2.45, 2.75) is 65.2 Å². The van der Waals surface area contributed by atoms with E-state index in [1.165, 1.54) is 33.4 Å². The largest absolute Gasteiger partial charge is 2.00 e. The Morgan fingerprint density at radius 2 is 1.53 bits per heavy atom. The van der Waals surface area contributed by atoms with Crippen molar-refractivity contribution in [1.82, 2.24) is 19.3 Å². The van der Waals surface area contributed by atoms with Crippen LogP contribution < -0.4 is 4.74 Å². The average Bonchev–Trinajstić information content (AvgIpc) is 3.73. The molecule has 0 bridgehead atoms. The molecule has 4 aromatic carbocycles. The number of benzene rings is 4. The first-order chi connectivity index (χ1) is 23.4. The van der Waals surface area contributed by atoms with Gasteiger partial charge in [0, 0.05) is 39.9 Å². The molecule has 0 spiro atoms. The maximum atomic E-state index is 6.43. The van der Waals surface area contributed by atoms with Crippen molar-refractivity contribution in [2.75, 3.05) is 6.26 Å². The number of fused-ring (bicyclic) bond motifs is 3. The van der Waals surface area contributed by atoms with Crippen LogP contribution in [0.4, 0.5) is 0 Å². The van der Waals surface area contributed by atoms with Crippen LogP contribution in [0.5, 0.6) is 11.5 Å². The van der Waals surface area contributed by atoms with Crippen LogP contribution in [0.1, 0.15) is 54.5 Å². The minimum absolute atomic E-state index is 0. The van der Waals surface area contributed by atoms with E-state index in [4.69, 9.17) is 14.8 Å². The van der Waals surface area contributed by atoms with Crippen molar-refractivity contribution in [3.05, 3.63) is 125 Å². The Hall–Kier alpha value is -4.12. The van der Waals surface area contributed by atoms with Gasteiger partial charge >= 0.3 is 21.1 Å². The Morgan fingerprint density at radius 1 is 0.796 bits per heavy atom. The summed E-state index contributed by atoms with van der Waals surface area (Å²) in [6.45, 7) is 11.3. The fourth-order valence-corrected chi connectivity index (χ4v) is 7.34. The van der Waals surface area contributed by atoms with E-state index in [0.717, 1.165) is 69.5 Å². The molecule has 3 aromatic heterocycles. The monoisotopic (exact) mass is 843 g/mol. The minimum Gasteiger partial charge on any atom is -0.509 e. The molecule has 0 N–H and O–H groups in total. The molecule has 7 rings (SSSR count). The number of thioether (sulfide) groups is 1. The van der Waals surface area contributed by atoms with Crippen LogP contribution in [0.15, 0.2) is 90.2 Å². The molecule has 7 heteroatoms. The number of aromatic nitrogens is 4. The van der Waals surface area contributed by atoms with Crippen LogP contribution in [-0.2, 0) is 33.9 Å². The molecule has 0 saturated carbocycles. The maximum absolute atomic E-state index is 6.43. The van der Waals surface area contributed by atoms with Crippen LogP contribution in [0, 0.1) is 32.9 Å². The molecule has 0 aliphatic rings. The summed E-state index contributed by atoms with van der Waals surface area (Å²) >= 11 is 1.70. The molecule has 250 valence electrons. The van der Waals surface area contributed by atoms with Gasteiger partial charge in [-0.15, -0.1) is 47.5 Å². The van der Waals surface area contributed by atoms with Gasteiger partial charge in [-0.25, -0.2) is 4.98 Å². The summed E-state index contributed by atoms with van der Waals surface area (Å²) in [5, 5.41) is 7.08. The van der Waals surface area contributed by atoms with Gasteiger partial charge in [-0.3, -0.25) is 4.68 Å². The summed E-state index contributed by atoms with van der Waals surface area (Å²) in [7, 11) is 0. The normalized spacial score (nSPS) is 11.3. The number of ether oxygens (including phenoxy) is 1. The zero-order chi connectivity index (χ0) is 33.4. The Morgan fingerprint density at radius 3 is 2.27 bits per heavy atom. The van der Waals surface area contributed by atoms with Gasteiger partial charge in [0.1, 0.15) is 5.82 Å². The van der Waals surface area contributed by atoms with Crippen molar-refractivity contribution in [2.24, 2.45) is 0 Å².